The molecule has 1 fully saturated rings. The number of benzene rings is 1. The number of rotatable bonds is 5. The van der Waals surface area contributed by atoms with E-state index in [1.807, 2.05) is 0 Å². The second-order valence-corrected chi connectivity index (χ2v) is 7.10. The van der Waals surface area contributed by atoms with Gasteiger partial charge in [0.15, 0.2) is 17.3 Å². The first-order valence-corrected chi connectivity index (χ1v) is 9.28. The van der Waals surface area contributed by atoms with Crippen LogP contribution in [0, 0.1) is 11.8 Å². The Balaban J connectivity index is 2.12. The van der Waals surface area contributed by atoms with Crippen molar-refractivity contribution in [2.24, 2.45) is 11.8 Å². The zero-order valence-electron chi connectivity index (χ0n) is 16.1. The van der Waals surface area contributed by atoms with Gasteiger partial charge in [-0.25, -0.2) is 0 Å². The molecule has 1 aromatic rings. The lowest BCUT2D eigenvalue weighted by atomic mass is 9.61. The molecule has 1 aliphatic carbocycles. The average Bonchev–Trinajstić information content (AvgIpc) is 3.08. The van der Waals surface area contributed by atoms with Gasteiger partial charge in [0.05, 0.1) is 24.7 Å². The largest absolute Gasteiger partial charge is 0.466 e. The van der Waals surface area contributed by atoms with E-state index in [1.54, 1.807) is 32.0 Å². The molecule has 28 heavy (non-hydrogen) atoms. The van der Waals surface area contributed by atoms with Crippen LogP contribution >= 0.6 is 0 Å². The predicted molar refractivity (Wildman–Crippen MR) is 95.8 cm³/mol. The Morgan fingerprint density at radius 1 is 1.14 bits per heavy atom. The third-order valence-corrected chi connectivity index (χ3v) is 5.13. The molecule has 8 heteroatoms. The normalized spacial score (nSPS) is 28.7. The molecule has 1 N–H and O–H groups in total. The van der Waals surface area contributed by atoms with Crippen LogP contribution in [0.3, 0.4) is 0 Å². The average molecular weight is 392 g/mol. The summed E-state index contributed by atoms with van der Waals surface area (Å²) in [7, 11) is 0. The lowest BCUT2D eigenvalue weighted by Gasteiger charge is -2.43. The van der Waals surface area contributed by atoms with Crippen molar-refractivity contribution in [2.75, 3.05) is 20.0 Å². The summed E-state index contributed by atoms with van der Waals surface area (Å²) >= 11 is 0. The van der Waals surface area contributed by atoms with E-state index in [4.69, 9.17) is 18.9 Å². The van der Waals surface area contributed by atoms with Gasteiger partial charge in [-0.15, -0.1) is 0 Å². The summed E-state index contributed by atoms with van der Waals surface area (Å²) in [5, 5.41) is 10.9. The summed E-state index contributed by atoms with van der Waals surface area (Å²) in [6.07, 6.45) is -0.346. The van der Waals surface area contributed by atoms with Gasteiger partial charge < -0.3 is 24.1 Å². The standard InChI is InChI=1S/C20H24O8/c1-4-25-18(22)16-12(21)9-20(3,24)17(19(23)26-5-2)15(16)11-6-7-13-14(8-11)28-10-27-13/h6-8,15-17,24H,4-5,9-10H2,1-3H3/t15-,16-,17-,20+/m1/s1. The molecular formula is C20H24O8. The van der Waals surface area contributed by atoms with Crippen LogP contribution in [0.1, 0.15) is 38.7 Å². The fraction of sp³-hybridized carbons (Fsp3) is 0.550. The van der Waals surface area contributed by atoms with Gasteiger partial charge in [0, 0.05) is 12.3 Å². The first kappa shape index (κ1) is 20.1. The van der Waals surface area contributed by atoms with E-state index >= 15 is 0 Å². The van der Waals surface area contributed by atoms with Crippen LogP contribution in [-0.2, 0) is 23.9 Å². The fourth-order valence-electron chi connectivity index (χ4n) is 4.00. The van der Waals surface area contributed by atoms with Crippen molar-refractivity contribution in [3.05, 3.63) is 23.8 Å². The van der Waals surface area contributed by atoms with Crippen LogP contribution in [0.2, 0.25) is 0 Å². The van der Waals surface area contributed by atoms with Crippen LogP contribution in [0.5, 0.6) is 11.5 Å². The van der Waals surface area contributed by atoms with Crippen molar-refractivity contribution >= 4 is 17.7 Å². The highest BCUT2D eigenvalue weighted by molar-refractivity contribution is 6.02. The molecule has 3 rings (SSSR count). The Hall–Kier alpha value is -2.61. The van der Waals surface area contributed by atoms with E-state index in [2.05, 4.69) is 0 Å². The topological polar surface area (TPSA) is 108 Å². The van der Waals surface area contributed by atoms with Crippen molar-refractivity contribution < 1.29 is 38.4 Å². The monoisotopic (exact) mass is 392 g/mol. The van der Waals surface area contributed by atoms with Crippen LogP contribution < -0.4 is 9.47 Å². The maximum absolute atomic E-state index is 12.8. The van der Waals surface area contributed by atoms with E-state index in [-0.39, 0.29) is 26.4 Å². The molecule has 1 aliphatic heterocycles. The summed E-state index contributed by atoms with van der Waals surface area (Å²) in [6.45, 7) is 4.96. The predicted octanol–water partition coefficient (Wildman–Crippen LogP) is 1.58. The van der Waals surface area contributed by atoms with Crippen molar-refractivity contribution in [3.8, 4) is 11.5 Å². The SMILES string of the molecule is CCOC(=O)[C@@H]1C(=O)C[C@](C)(O)[C@@H](C(=O)OCC)[C@@H]1c1ccc2c(c1)OCO2. The van der Waals surface area contributed by atoms with Crippen LogP contribution in [0.4, 0.5) is 0 Å². The quantitative estimate of drug-likeness (QED) is 0.594. The molecule has 8 nitrogen and oxygen atoms in total. The van der Waals surface area contributed by atoms with Gasteiger partial charge in [-0.05, 0) is 38.5 Å². The third-order valence-electron chi connectivity index (χ3n) is 5.13. The fourth-order valence-corrected chi connectivity index (χ4v) is 4.00. The van der Waals surface area contributed by atoms with E-state index in [0.29, 0.717) is 17.1 Å². The van der Waals surface area contributed by atoms with Crippen LogP contribution in [0.15, 0.2) is 18.2 Å². The number of ketones is 1. The minimum absolute atomic E-state index is 0.0582. The number of carbonyl (C=O) groups excluding carboxylic acids is 3. The van der Waals surface area contributed by atoms with Crippen molar-refractivity contribution in [2.45, 2.75) is 38.7 Å². The lowest BCUT2D eigenvalue weighted by Crippen LogP contribution is -2.55. The van der Waals surface area contributed by atoms with E-state index in [0.717, 1.165) is 0 Å². The van der Waals surface area contributed by atoms with Gasteiger partial charge in [-0.3, -0.25) is 14.4 Å². The first-order chi connectivity index (χ1) is 13.3. The number of Topliss-reactive ketones (excluding diaryl/α,β-unsaturated/α-hetero) is 1. The lowest BCUT2D eigenvalue weighted by molar-refractivity contribution is -0.172. The first-order valence-electron chi connectivity index (χ1n) is 9.28. The molecule has 0 saturated heterocycles. The highest BCUT2D eigenvalue weighted by Crippen LogP contribution is 2.48. The molecule has 152 valence electrons. The van der Waals surface area contributed by atoms with Crippen molar-refractivity contribution in [1.29, 1.82) is 0 Å². The van der Waals surface area contributed by atoms with Crippen LogP contribution in [0.25, 0.3) is 0 Å². The maximum atomic E-state index is 12.8. The second kappa shape index (κ2) is 7.79. The maximum Gasteiger partial charge on any atom is 0.317 e. The molecule has 1 aromatic carbocycles. The molecule has 0 aromatic heterocycles. The number of fused-ring (bicyclic) bond motifs is 1. The van der Waals surface area contributed by atoms with Gasteiger partial charge in [-0.1, -0.05) is 6.07 Å². The molecule has 0 bridgehead atoms. The molecule has 0 amide bonds. The van der Waals surface area contributed by atoms with Gasteiger partial charge in [0.25, 0.3) is 0 Å². The van der Waals surface area contributed by atoms with Gasteiger partial charge in [0.2, 0.25) is 6.79 Å². The summed E-state index contributed by atoms with van der Waals surface area (Å²) in [5.74, 6) is -4.21. The zero-order chi connectivity index (χ0) is 20.5. The summed E-state index contributed by atoms with van der Waals surface area (Å²) in [6, 6.07) is 4.93. The summed E-state index contributed by atoms with van der Waals surface area (Å²) < 4.78 is 21.0. The van der Waals surface area contributed by atoms with Crippen molar-refractivity contribution in [1.82, 2.24) is 0 Å². The molecule has 0 radical (unpaired) electrons. The highest BCUT2D eigenvalue weighted by atomic mass is 16.7. The molecule has 4 atom stereocenters. The Labute approximate surface area is 162 Å². The molecule has 1 saturated carbocycles. The van der Waals surface area contributed by atoms with Gasteiger partial charge in [0.1, 0.15) is 5.92 Å². The number of hydrogen-bond acceptors (Lipinski definition) is 8. The van der Waals surface area contributed by atoms with E-state index < -0.39 is 41.1 Å². The second-order valence-electron chi connectivity index (χ2n) is 7.10. The Morgan fingerprint density at radius 2 is 1.79 bits per heavy atom. The number of ether oxygens (including phenoxy) is 4. The highest BCUT2D eigenvalue weighted by Gasteiger charge is 2.57. The number of esters is 2. The smallest absolute Gasteiger partial charge is 0.317 e. The minimum atomic E-state index is -1.67. The molecule has 0 unspecified atom stereocenters. The third kappa shape index (κ3) is 3.56. The summed E-state index contributed by atoms with van der Waals surface area (Å²) in [4.78, 5) is 38.2. The Kier molecular flexibility index (Phi) is 5.60. The van der Waals surface area contributed by atoms with Gasteiger partial charge in [-0.2, -0.15) is 0 Å². The molecular weight excluding hydrogens is 368 g/mol. The molecule has 1 heterocycles. The van der Waals surface area contributed by atoms with Crippen LogP contribution in [-0.4, -0.2) is 48.4 Å². The number of hydrogen-bond donors (Lipinski definition) is 1. The Morgan fingerprint density at radius 3 is 2.46 bits per heavy atom. The Bertz CT molecular complexity index is 784. The van der Waals surface area contributed by atoms with Crippen molar-refractivity contribution in [3.63, 3.8) is 0 Å². The molecule has 0 spiro atoms. The minimum Gasteiger partial charge on any atom is -0.466 e. The molecule has 2 aliphatic rings. The van der Waals surface area contributed by atoms with E-state index in [9.17, 15) is 19.5 Å². The summed E-state index contributed by atoms with van der Waals surface area (Å²) in [5.41, 5.74) is -1.18. The number of carbonyl (C=O) groups is 3. The number of aliphatic hydroxyl groups is 1. The zero-order valence-corrected chi connectivity index (χ0v) is 16.1. The van der Waals surface area contributed by atoms with E-state index in [1.165, 1.54) is 6.92 Å². The van der Waals surface area contributed by atoms with Gasteiger partial charge >= 0.3 is 11.9 Å².